The minimum atomic E-state index is 0.488. The molecule has 0 aliphatic heterocycles. The lowest BCUT2D eigenvalue weighted by Gasteiger charge is -1.91. The lowest BCUT2D eigenvalue weighted by molar-refractivity contribution is 1.49. The summed E-state index contributed by atoms with van der Waals surface area (Å²) in [7, 11) is 1.18. The van der Waals surface area contributed by atoms with Gasteiger partial charge in [0.25, 0.3) is 0 Å². The van der Waals surface area contributed by atoms with Crippen LogP contribution in [0.2, 0.25) is 0 Å². The molecule has 3 heteroatoms. The summed E-state index contributed by atoms with van der Waals surface area (Å²) in [4.78, 5) is 10.1. The molecule has 0 heterocycles. The van der Waals surface area contributed by atoms with Crippen LogP contribution in [0, 0.1) is 4.91 Å². The van der Waals surface area contributed by atoms with E-state index in [-0.39, 0.29) is 0 Å². The van der Waals surface area contributed by atoms with Crippen LogP contribution in [0.5, 0.6) is 0 Å². The number of hydrogen-bond donors (Lipinski definition) is 0. The highest BCUT2D eigenvalue weighted by atomic mass is 31.1. The predicted octanol–water partition coefficient (Wildman–Crippen LogP) is 2.81. The first kappa shape index (κ1) is 8.09. The third-order valence-electron chi connectivity index (χ3n) is 1.25. The second-order valence-electron chi connectivity index (χ2n) is 2.07. The van der Waals surface area contributed by atoms with Crippen molar-refractivity contribution in [2.24, 2.45) is 5.18 Å². The van der Waals surface area contributed by atoms with Gasteiger partial charge in [0.1, 0.15) is 5.69 Å². The summed E-state index contributed by atoms with van der Waals surface area (Å²) in [5, 5.41) is 2.84. The van der Waals surface area contributed by atoms with Crippen molar-refractivity contribution in [3.63, 3.8) is 0 Å². The van der Waals surface area contributed by atoms with Crippen LogP contribution in [0.1, 0.15) is 5.56 Å². The normalized spacial score (nSPS) is 10.3. The molecule has 0 unspecified atom stereocenters. The molecule has 0 atom stereocenters. The van der Waals surface area contributed by atoms with Crippen LogP contribution in [0.25, 0.3) is 0 Å². The standard InChI is InChI=1S/C8H8NOP/c1-11-6-7-3-2-4-8(5-7)9-10/h2-6H,1H3. The smallest absolute Gasteiger partial charge is 0.108 e. The Morgan fingerprint density at radius 3 is 3.00 bits per heavy atom. The lowest BCUT2D eigenvalue weighted by Crippen LogP contribution is -1.74. The average Bonchev–Trinajstić information content (AvgIpc) is 2.06. The number of rotatable bonds is 2. The SMILES string of the molecule is CP=Cc1cccc(N=O)c1. The van der Waals surface area contributed by atoms with Gasteiger partial charge in [0, 0.05) is 0 Å². The Labute approximate surface area is 67.0 Å². The Bertz CT molecular complexity index is 283. The van der Waals surface area contributed by atoms with Gasteiger partial charge in [-0.3, -0.25) is 0 Å². The molecule has 0 saturated carbocycles. The highest BCUT2D eigenvalue weighted by Gasteiger charge is 1.90. The zero-order valence-electron chi connectivity index (χ0n) is 6.19. The van der Waals surface area contributed by atoms with Crippen molar-refractivity contribution in [1.82, 2.24) is 0 Å². The quantitative estimate of drug-likeness (QED) is 0.489. The van der Waals surface area contributed by atoms with Gasteiger partial charge in [0.05, 0.1) is 0 Å². The van der Waals surface area contributed by atoms with E-state index in [0.29, 0.717) is 5.69 Å². The summed E-state index contributed by atoms with van der Waals surface area (Å²) in [6, 6.07) is 7.24. The van der Waals surface area contributed by atoms with E-state index >= 15 is 0 Å². The minimum Gasteiger partial charge on any atom is -0.145 e. The molecule has 0 aliphatic carbocycles. The Kier molecular flexibility index (Phi) is 2.94. The van der Waals surface area contributed by atoms with E-state index in [1.807, 2.05) is 24.6 Å². The summed E-state index contributed by atoms with van der Waals surface area (Å²) < 4.78 is 0. The summed E-state index contributed by atoms with van der Waals surface area (Å²) >= 11 is 0. The van der Waals surface area contributed by atoms with Crippen LogP contribution >= 0.6 is 8.20 Å². The Hall–Kier alpha value is -1.01. The Balaban J connectivity index is 3.00. The van der Waals surface area contributed by atoms with Gasteiger partial charge in [-0.2, -0.15) is 0 Å². The molecule has 1 aromatic carbocycles. The van der Waals surface area contributed by atoms with E-state index in [0.717, 1.165) is 5.56 Å². The zero-order valence-corrected chi connectivity index (χ0v) is 7.08. The molecular weight excluding hydrogens is 157 g/mol. The molecule has 0 aromatic heterocycles. The first-order valence-corrected chi connectivity index (χ1v) is 4.63. The monoisotopic (exact) mass is 165 g/mol. The van der Waals surface area contributed by atoms with Gasteiger partial charge in [0.2, 0.25) is 0 Å². The van der Waals surface area contributed by atoms with Gasteiger partial charge in [-0.05, 0) is 35.3 Å². The van der Waals surface area contributed by atoms with Gasteiger partial charge in [-0.25, -0.2) is 0 Å². The number of nitrogens with zero attached hydrogens (tertiary/aromatic N) is 1. The van der Waals surface area contributed by atoms with Gasteiger partial charge in [0.15, 0.2) is 0 Å². The van der Waals surface area contributed by atoms with E-state index in [2.05, 4.69) is 5.18 Å². The molecule has 0 bridgehead atoms. The number of benzene rings is 1. The average molecular weight is 165 g/mol. The molecule has 0 radical (unpaired) electrons. The van der Waals surface area contributed by atoms with Crippen LogP contribution in [-0.4, -0.2) is 12.5 Å². The van der Waals surface area contributed by atoms with E-state index in [1.165, 1.54) is 8.20 Å². The van der Waals surface area contributed by atoms with Crippen LogP contribution in [0.15, 0.2) is 29.4 Å². The van der Waals surface area contributed by atoms with Crippen LogP contribution in [0.4, 0.5) is 5.69 Å². The molecular formula is C8H8NOP. The van der Waals surface area contributed by atoms with Crippen molar-refractivity contribution in [3.8, 4) is 0 Å². The second kappa shape index (κ2) is 3.99. The van der Waals surface area contributed by atoms with Gasteiger partial charge in [-0.15, -0.1) is 13.1 Å². The highest BCUT2D eigenvalue weighted by molar-refractivity contribution is 7.38. The minimum absolute atomic E-state index is 0.488. The van der Waals surface area contributed by atoms with E-state index < -0.39 is 0 Å². The Morgan fingerprint density at radius 2 is 2.36 bits per heavy atom. The molecule has 0 spiro atoms. The maximum Gasteiger partial charge on any atom is 0.108 e. The van der Waals surface area contributed by atoms with Crippen LogP contribution < -0.4 is 0 Å². The lowest BCUT2D eigenvalue weighted by atomic mass is 10.2. The van der Waals surface area contributed by atoms with Crippen molar-refractivity contribution in [2.45, 2.75) is 0 Å². The molecule has 0 amide bonds. The maximum absolute atomic E-state index is 10.1. The molecule has 0 aliphatic rings. The maximum atomic E-state index is 10.1. The number of hydrogen-bond acceptors (Lipinski definition) is 2. The van der Waals surface area contributed by atoms with Crippen molar-refractivity contribution in [3.05, 3.63) is 34.7 Å². The summed E-state index contributed by atoms with van der Waals surface area (Å²) in [6.07, 6.45) is 0. The molecule has 2 nitrogen and oxygen atoms in total. The fourth-order valence-electron chi connectivity index (χ4n) is 0.811. The molecule has 1 rings (SSSR count). The van der Waals surface area contributed by atoms with E-state index in [4.69, 9.17) is 0 Å². The van der Waals surface area contributed by atoms with Crippen LogP contribution in [0.3, 0.4) is 0 Å². The molecule has 56 valence electrons. The molecule has 1 aromatic rings. The fourth-order valence-corrected chi connectivity index (χ4v) is 1.27. The summed E-state index contributed by atoms with van der Waals surface area (Å²) in [6.45, 7) is 2.03. The second-order valence-corrected chi connectivity index (χ2v) is 2.85. The molecule has 0 saturated heterocycles. The van der Waals surface area contributed by atoms with Gasteiger partial charge >= 0.3 is 0 Å². The zero-order chi connectivity index (χ0) is 8.10. The van der Waals surface area contributed by atoms with Gasteiger partial charge < -0.3 is 0 Å². The third kappa shape index (κ3) is 2.24. The highest BCUT2D eigenvalue weighted by Crippen LogP contribution is 2.12. The molecule has 0 fully saturated rings. The topological polar surface area (TPSA) is 29.4 Å². The largest absolute Gasteiger partial charge is 0.145 e. The first-order chi connectivity index (χ1) is 5.36. The fraction of sp³-hybridized carbons (Fsp3) is 0.125. The van der Waals surface area contributed by atoms with Gasteiger partial charge in [-0.1, -0.05) is 12.1 Å². The third-order valence-corrected chi connectivity index (χ3v) is 1.81. The molecule has 11 heavy (non-hydrogen) atoms. The van der Waals surface area contributed by atoms with Crippen molar-refractivity contribution >= 4 is 19.7 Å². The summed E-state index contributed by atoms with van der Waals surface area (Å²) in [5.74, 6) is 2.02. The van der Waals surface area contributed by atoms with Crippen molar-refractivity contribution < 1.29 is 0 Å². The van der Waals surface area contributed by atoms with E-state index in [9.17, 15) is 4.91 Å². The van der Waals surface area contributed by atoms with Crippen LogP contribution in [-0.2, 0) is 0 Å². The van der Waals surface area contributed by atoms with Crippen molar-refractivity contribution in [1.29, 1.82) is 0 Å². The Morgan fingerprint density at radius 1 is 1.55 bits per heavy atom. The molecule has 0 N–H and O–H groups in total. The first-order valence-electron chi connectivity index (χ1n) is 3.22. The summed E-state index contributed by atoms with van der Waals surface area (Å²) in [5.41, 5.74) is 1.54. The predicted molar refractivity (Wildman–Crippen MR) is 49.9 cm³/mol. The van der Waals surface area contributed by atoms with E-state index in [1.54, 1.807) is 12.1 Å². The number of nitroso groups, excluding NO2 is 1. The van der Waals surface area contributed by atoms with Crippen molar-refractivity contribution in [2.75, 3.05) is 6.66 Å².